The number of hydrogen-bond acceptors (Lipinski definition) is 2. The van der Waals surface area contributed by atoms with Crippen LogP contribution in [0, 0.1) is 11.7 Å². The fourth-order valence-electron chi connectivity index (χ4n) is 1.73. The van der Waals surface area contributed by atoms with E-state index in [-0.39, 0.29) is 16.9 Å². The van der Waals surface area contributed by atoms with Crippen molar-refractivity contribution in [2.24, 2.45) is 11.7 Å². The fraction of sp³-hybridized carbons (Fsp3) is 0.571. The van der Waals surface area contributed by atoms with Crippen LogP contribution in [0.25, 0.3) is 0 Å². The van der Waals surface area contributed by atoms with Gasteiger partial charge < -0.3 is 10.6 Å². The molecule has 2 N–H and O–H groups in total. The van der Waals surface area contributed by atoms with Crippen molar-refractivity contribution in [1.82, 2.24) is 4.90 Å². The zero-order chi connectivity index (χ0) is 13.7. The van der Waals surface area contributed by atoms with E-state index >= 15 is 0 Å². The van der Waals surface area contributed by atoms with Crippen molar-refractivity contribution in [3.8, 4) is 0 Å². The molecular weight excluding hydrogens is 251 g/mol. The molecule has 0 radical (unpaired) electrons. The first-order valence-electron chi connectivity index (χ1n) is 6.28. The van der Waals surface area contributed by atoms with Gasteiger partial charge in [0.2, 0.25) is 0 Å². The summed E-state index contributed by atoms with van der Waals surface area (Å²) < 4.78 is 13.3. The maximum absolute atomic E-state index is 13.3. The minimum Gasteiger partial charge on any atom is -0.327 e. The Bertz CT molecular complexity index is 382. The molecular formula is C14H22ClFN2. The van der Waals surface area contributed by atoms with Gasteiger partial charge in [-0.1, -0.05) is 31.5 Å². The van der Waals surface area contributed by atoms with Crippen LogP contribution < -0.4 is 5.73 Å². The van der Waals surface area contributed by atoms with Crippen LogP contribution in [0.1, 0.15) is 25.8 Å². The Balaban J connectivity index is 2.44. The SMILES string of the molecule is CC(C)C(N)CCN(C)Cc1ccc(Cl)c(F)c1. The molecule has 1 aromatic rings. The Hall–Kier alpha value is -0.640. The summed E-state index contributed by atoms with van der Waals surface area (Å²) in [6.07, 6.45) is 0.949. The van der Waals surface area contributed by atoms with E-state index in [0.29, 0.717) is 12.5 Å². The molecule has 0 amide bonds. The van der Waals surface area contributed by atoms with Gasteiger partial charge in [0.25, 0.3) is 0 Å². The molecule has 0 bridgehead atoms. The van der Waals surface area contributed by atoms with E-state index in [0.717, 1.165) is 18.5 Å². The second-order valence-electron chi connectivity index (χ2n) is 5.18. The van der Waals surface area contributed by atoms with Crippen LogP contribution in [0.4, 0.5) is 4.39 Å². The van der Waals surface area contributed by atoms with Crippen LogP contribution in [-0.2, 0) is 6.54 Å². The second-order valence-corrected chi connectivity index (χ2v) is 5.59. The highest BCUT2D eigenvalue weighted by molar-refractivity contribution is 6.30. The van der Waals surface area contributed by atoms with E-state index in [4.69, 9.17) is 17.3 Å². The van der Waals surface area contributed by atoms with Crippen molar-refractivity contribution in [2.45, 2.75) is 32.9 Å². The molecule has 0 spiro atoms. The van der Waals surface area contributed by atoms with Crippen molar-refractivity contribution < 1.29 is 4.39 Å². The van der Waals surface area contributed by atoms with Crippen LogP contribution in [0.5, 0.6) is 0 Å². The molecule has 2 nitrogen and oxygen atoms in total. The lowest BCUT2D eigenvalue weighted by molar-refractivity contribution is 0.296. The molecule has 1 atom stereocenters. The first-order valence-corrected chi connectivity index (χ1v) is 6.66. The van der Waals surface area contributed by atoms with E-state index in [1.54, 1.807) is 6.07 Å². The Morgan fingerprint density at radius 3 is 2.61 bits per heavy atom. The molecule has 0 saturated heterocycles. The zero-order valence-electron chi connectivity index (χ0n) is 11.3. The van der Waals surface area contributed by atoms with Gasteiger partial charge in [-0.2, -0.15) is 0 Å². The first-order chi connectivity index (χ1) is 8.40. The Morgan fingerprint density at radius 1 is 1.39 bits per heavy atom. The topological polar surface area (TPSA) is 29.3 Å². The lowest BCUT2D eigenvalue weighted by Crippen LogP contribution is -2.31. The Kier molecular flexibility index (Phi) is 6.06. The van der Waals surface area contributed by atoms with E-state index < -0.39 is 0 Å². The van der Waals surface area contributed by atoms with E-state index in [2.05, 4.69) is 18.7 Å². The highest BCUT2D eigenvalue weighted by Gasteiger charge is 2.09. The first kappa shape index (κ1) is 15.4. The molecule has 1 rings (SSSR count). The van der Waals surface area contributed by atoms with Crippen LogP contribution in [0.15, 0.2) is 18.2 Å². The standard InChI is InChI=1S/C14H22ClFN2/c1-10(2)14(17)6-7-18(3)9-11-4-5-12(15)13(16)8-11/h4-5,8,10,14H,6-7,9,17H2,1-3H3. The van der Waals surface area contributed by atoms with Gasteiger partial charge >= 0.3 is 0 Å². The summed E-state index contributed by atoms with van der Waals surface area (Å²) in [7, 11) is 2.01. The summed E-state index contributed by atoms with van der Waals surface area (Å²) in [6.45, 7) is 5.86. The minimum absolute atomic E-state index is 0.170. The summed E-state index contributed by atoms with van der Waals surface area (Å²) in [5.74, 6) is 0.132. The highest BCUT2D eigenvalue weighted by atomic mass is 35.5. The average molecular weight is 273 g/mol. The Labute approximate surface area is 114 Å². The molecule has 0 aliphatic heterocycles. The molecule has 102 valence electrons. The monoisotopic (exact) mass is 272 g/mol. The lowest BCUT2D eigenvalue weighted by atomic mass is 10.0. The smallest absolute Gasteiger partial charge is 0.142 e. The summed E-state index contributed by atoms with van der Waals surface area (Å²) >= 11 is 5.65. The van der Waals surface area contributed by atoms with Gasteiger partial charge in [0.05, 0.1) is 5.02 Å². The largest absolute Gasteiger partial charge is 0.327 e. The predicted molar refractivity (Wildman–Crippen MR) is 75.2 cm³/mol. The van der Waals surface area contributed by atoms with Crippen LogP contribution >= 0.6 is 11.6 Å². The van der Waals surface area contributed by atoms with Gasteiger partial charge in [0.15, 0.2) is 0 Å². The molecule has 0 saturated carbocycles. The van der Waals surface area contributed by atoms with Gasteiger partial charge in [-0.3, -0.25) is 0 Å². The second kappa shape index (κ2) is 7.07. The normalized spacial score (nSPS) is 13.3. The molecule has 0 aromatic heterocycles. The summed E-state index contributed by atoms with van der Waals surface area (Å²) in [4.78, 5) is 2.14. The third-order valence-corrected chi connectivity index (χ3v) is 3.44. The minimum atomic E-state index is -0.360. The summed E-state index contributed by atoms with van der Waals surface area (Å²) in [6, 6.07) is 5.15. The number of nitrogens with two attached hydrogens (primary N) is 1. The summed E-state index contributed by atoms with van der Waals surface area (Å²) in [5.41, 5.74) is 6.93. The highest BCUT2D eigenvalue weighted by Crippen LogP contribution is 2.16. The Morgan fingerprint density at radius 2 is 2.06 bits per heavy atom. The van der Waals surface area contributed by atoms with E-state index in [1.807, 2.05) is 13.1 Å². The third-order valence-electron chi connectivity index (χ3n) is 3.14. The fourth-order valence-corrected chi connectivity index (χ4v) is 1.85. The number of rotatable bonds is 6. The quantitative estimate of drug-likeness (QED) is 0.861. The molecule has 0 fully saturated rings. The van der Waals surface area contributed by atoms with Crippen molar-refractivity contribution in [2.75, 3.05) is 13.6 Å². The van der Waals surface area contributed by atoms with Gasteiger partial charge in [0.1, 0.15) is 5.82 Å². The van der Waals surface area contributed by atoms with Crippen molar-refractivity contribution in [1.29, 1.82) is 0 Å². The molecule has 4 heteroatoms. The molecule has 1 aromatic carbocycles. The summed E-state index contributed by atoms with van der Waals surface area (Å²) in [5, 5.41) is 0.170. The van der Waals surface area contributed by atoms with Crippen molar-refractivity contribution >= 4 is 11.6 Å². The van der Waals surface area contributed by atoms with Crippen molar-refractivity contribution in [3.05, 3.63) is 34.6 Å². The van der Waals surface area contributed by atoms with E-state index in [1.165, 1.54) is 6.07 Å². The number of hydrogen-bond donors (Lipinski definition) is 1. The van der Waals surface area contributed by atoms with Gasteiger partial charge in [0, 0.05) is 12.6 Å². The predicted octanol–water partition coefficient (Wildman–Crippen LogP) is 3.28. The van der Waals surface area contributed by atoms with Crippen LogP contribution in [-0.4, -0.2) is 24.5 Å². The van der Waals surface area contributed by atoms with Crippen molar-refractivity contribution in [3.63, 3.8) is 0 Å². The van der Waals surface area contributed by atoms with Crippen LogP contribution in [0.3, 0.4) is 0 Å². The number of benzene rings is 1. The maximum atomic E-state index is 13.3. The molecule has 1 unspecified atom stereocenters. The maximum Gasteiger partial charge on any atom is 0.142 e. The average Bonchev–Trinajstić information content (AvgIpc) is 2.30. The van der Waals surface area contributed by atoms with E-state index in [9.17, 15) is 4.39 Å². The number of halogens is 2. The third kappa shape index (κ3) is 4.92. The lowest BCUT2D eigenvalue weighted by Gasteiger charge is -2.21. The van der Waals surface area contributed by atoms with Gasteiger partial charge in [-0.25, -0.2) is 4.39 Å². The molecule has 0 aliphatic rings. The molecule has 0 heterocycles. The van der Waals surface area contributed by atoms with Gasteiger partial charge in [-0.15, -0.1) is 0 Å². The zero-order valence-corrected chi connectivity index (χ0v) is 12.0. The van der Waals surface area contributed by atoms with Crippen LogP contribution in [0.2, 0.25) is 5.02 Å². The molecule has 0 aliphatic carbocycles. The van der Waals surface area contributed by atoms with Gasteiger partial charge in [-0.05, 0) is 43.6 Å². The molecule has 18 heavy (non-hydrogen) atoms. The number of nitrogens with zero attached hydrogens (tertiary/aromatic N) is 1.